The maximum atomic E-state index is 2.48. The fourth-order valence-corrected chi connectivity index (χ4v) is 11.7. The molecule has 0 aliphatic heterocycles. The molecule has 0 aliphatic carbocycles. The van der Waals surface area contributed by atoms with E-state index in [1.54, 1.807) is 0 Å². The van der Waals surface area contributed by atoms with Gasteiger partial charge in [-0.3, -0.25) is 0 Å². The van der Waals surface area contributed by atoms with Crippen molar-refractivity contribution in [2.45, 2.75) is 27.7 Å². The van der Waals surface area contributed by atoms with Crippen molar-refractivity contribution >= 4 is 98.8 Å². The fraction of sp³-hybridized carbons (Fsp3) is 0.0606. The second-order valence-electron chi connectivity index (χ2n) is 18.5. The van der Waals surface area contributed by atoms with Crippen LogP contribution in [0.3, 0.4) is 0 Å². The van der Waals surface area contributed by atoms with Crippen LogP contribution in [-0.2, 0) is 0 Å². The lowest BCUT2D eigenvalue weighted by Gasteiger charge is -2.29. The molecule has 0 spiro atoms. The molecule has 322 valence electrons. The summed E-state index contributed by atoms with van der Waals surface area (Å²) in [4.78, 5) is 4.97. The molecule has 0 fully saturated rings. The molecule has 0 bridgehead atoms. The minimum atomic E-state index is 1.17. The zero-order chi connectivity index (χ0) is 45.6. The van der Waals surface area contributed by atoms with Gasteiger partial charge in [-0.15, -0.1) is 0 Å². The fourth-order valence-electron chi connectivity index (χ4n) is 11.7. The largest absolute Gasteiger partial charge is 0.309 e. The molecule has 0 amide bonds. The first kappa shape index (κ1) is 39.9. The smallest absolute Gasteiger partial charge is 0.0540 e. The highest BCUT2D eigenvalue weighted by Gasteiger charge is 2.30. The number of hydrogen-bond acceptors (Lipinski definition) is 2. The van der Waals surface area contributed by atoms with E-state index < -0.39 is 0 Å². The number of nitrogens with zero attached hydrogens (tertiary/aromatic N) is 2. The van der Waals surface area contributed by atoms with Crippen LogP contribution in [0.2, 0.25) is 0 Å². The van der Waals surface area contributed by atoms with Gasteiger partial charge in [-0.05, 0) is 162 Å². The Kier molecular flexibility index (Phi) is 9.13. The van der Waals surface area contributed by atoms with Crippen molar-refractivity contribution in [1.82, 2.24) is 0 Å². The first-order chi connectivity index (χ1) is 33.5. The zero-order valence-corrected chi connectivity index (χ0v) is 38.7. The molecule has 0 heterocycles. The van der Waals surface area contributed by atoms with E-state index in [4.69, 9.17) is 0 Å². The number of anilines is 6. The zero-order valence-electron chi connectivity index (χ0n) is 38.7. The second-order valence-corrected chi connectivity index (χ2v) is 18.5. The summed E-state index contributed by atoms with van der Waals surface area (Å²) in [6, 6.07) is 81.1. The Balaban J connectivity index is 1.21. The summed E-state index contributed by atoms with van der Waals surface area (Å²) in [7, 11) is 0. The first-order valence-corrected chi connectivity index (χ1v) is 23.8. The lowest BCUT2D eigenvalue weighted by Crippen LogP contribution is -2.13. The van der Waals surface area contributed by atoms with Gasteiger partial charge in [0, 0.05) is 33.5 Å². The summed E-state index contributed by atoms with van der Waals surface area (Å²) in [5, 5.41) is 15.4. The highest BCUT2D eigenvalue weighted by Crippen LogP contribution is 2.58. The molecule has 0 aromatic heterocycles. The van der Waals surface area contributed by atoms with E-state index >= 15 is 0 Å². The van der Waals surface area contributed by atoms with E-state index in [0.29, 0.717) is 0 Å². The summed E-state index contributed by atoms with van der Waals surface area (Å²) in [6.45, 7) is 8.89. The first-order valence-electron chi connectivity index (χ1n) is 23.8. The number of aryl methyl sites for hydroxylation is 4. The molecule has 2 heteroatoms. The summed E-state index contributed by atoms with van der Waals surface area (Å²) in [5.41, 5.74) is 17.0. The molecule has 13 aromatic carbocycles. The van der Waals surface area contributed by atoms with Gasteiger partial charge in [0.05, 0.1) is 11.4 Å². The Hall–Kier alpha value is -8.46. The van der Waals surface area contributed by atoms with Crippen molar-refractivity contribution in [3.05, 3.63) is 241 Å². The van der Waals surface area contributed by atoms with Crippen LogP contribution in [0, 0.1) is 27.7 Å². The summed E-state index contributed by atoms with van der Waals surface area (Å²) >= 11 is 0. The summed E-state index contributed by atoms with van der Waals surface area (Å²) < 4.78 is 0. The highest BCUT2D eigenvalue weighted by molar-refractivity contribution is 6.47. The van der Waals surface area contributed by atoms with E-state index in [2.05, 4.69) is 256 Å². The van der Waals surface area contributed by atoms with Crippen LogP contribution < -0.4 is 9.80 Å². The van der Waals surface area contributed by atoms with Gasteiger partial charge in [-0.2, -0.15) is 0 Å². The normalized spacial score (nSPS) is 11.8. The Morgan fingerprint density at radius 3 is 0.809 bits per heavy atom. The van der Waals surface area contributed by atoms with Crippen molar-refractivity contribution in [3.8, 4) is 22.3 Å². The van der Waals surface area contributed by atoms with E-state index in [0.717, 1.165) is 0 Å². The average molecular weight is 869 g/mol. The number of hydrogen-bond donors (Lipinski definition) is 0. The Labute approximate surface area is 397 Å². The second kappa shape index (κ2) is 15.6. The number of para-hydroxylation sites is 4. The monoisotopic (exact) mass is 868 g/mol. The molecule has 68 heavy (non-hydrogen) atoms. The standard InChI is InChI=1S/C66H48N2/c1-41-21-11-15-33-53(41)67(54-34-16-12-22-42(54)2)57-39-37-51-61-47(57)29-19-31-49(61)63-59(45-25-7-5-8-26-45)66-52-38-40-58(68(55-35-17-13-23-43(55)3)56-36-18-14-24-44(56)4)48-30-20-32-50(62(48)52)64(66)60(65(51)63)46-27-9-6-10-28-46/h5-40H,1-4H3. The SMILES string of the molecule is Cc1ccccc1N(c1ccccc1C)c1ccc2c3c(-c4ccccc4)c4c5cccc6c(N(c7ccccc7C)c7ccccc7C)ccc(c4c(-c4ccccc4)c3c3cccc1c32)c65. The summed E-state index contributed by atoms with van der Waals surface area (Å²) in [5.74, 6) is 0. The quantitative estimate of drug-likeness (QED) is 0.150. The third kappa shape index (κ3) is 5.84. The van der Waals surface area contributed by atoms with Crippen molar-refractivity contribution in [2.75, 3.05) is 9.80 Å². The highest BCUT2D eigenvalue weighted by atomic mass is 15.2. The van der Waals surface area contributed by atoms with Crippen LogP contribution in [-0.4, -0.2) is 0 Å². The number of benzene rings is 11. The van der Waals surface area contributed by atoms with Crippen LogP contribution in [0.1, 0.15) is 22.3 Å². The lowest BCUT2D eigenvalue weighted by atomic mass is 9.87. The van der Waals surface area contributed by atoms with Gasteiger partial charge in [0.15, 0.2) is 0 Å². The van der Waals surface area contributed by atoms with Gasteiger partial charge in [0.25, 0.3) is 0 Å². The Bertz CT molecular complexity index is 3660. The van der Waals surface area contributed by atoms with Crippen LogP contribution >= 0.6 is 0 Å². The lowest BCUT2D eigenvalue weighted by molar-refractivity contribution is 1.24. The summed E-state index contributed by atoms with van der Waals surface area (Å²) in [6.07, 6.45) is 0. The molecule has 0 radical (unpaired) electrons. The molecule has 0 saturated heterocycles. The van der Waals surface area contributed by atoms with E-state index in [9.17, 15) is 0 Å². The Morgan fingerprint density at radius 1 is 0.206 bits per heavy atom. The predicted molar refractivity (Wildman–Crippen MR) is 293 cm³/mol. The topological polar surface area (TPSA) is 6.48 Å². The number of fused-ring (bicyclic) bond motifs is 6. The van der Waals surface area contributed by atoms with Crippen molar-refractivity contribution in [3.63, 3.8) is 0 Å². The molecule has 0 atom stereocenters. The van der Waals surface area contributed by atoms with Crippen molar-refractivity contribution in [2.24, 2.45) is 0 Å². The molecule has 0 aliphatic rings. The minimum Gasteiger partial charge on any atom is -0.309 e. The van der Waals surface area contributed by atoms with Gasteiger partial charge >= 0.3 is 0 Å². The number of rotatable bonds is 8. The molecule has 0 saturated carbocycles. The van der Waals surface area contributed by atoms with E-state index in [1.807, 2.05) is 0 Å². The third-order valence-corrected chi connectivity index (χ3v) is 14.6. The van der Waals surface area contributed by atoms with E-state index in [-0.39, 0.29) is 0 Å². The predicted octanol–water partition coefficient (Wildman–Crippen LogP) is 19.0. The van der Waals surface area contributed by atoms with Crippen LogP contribution in [0.25, 0.3) is 86.9 Å². The molecular weight excluding hydrogens is 821 g/mol. The van der Waals surface area contributed by atoms with Gasteiger partial charge in [0.2, 0.25) is 0 Å². The molecular formula is C66H48N2. The molecule has 0 unspecified atom stereocenters. The maximum Gasteiger partial charge on any atom is 0.0540 e. The van der Waals surface area contributed by atoms with Crippen LogP contribution in [0.5, 0.6) is 0 Å². The minimum absolute atomic E-state index is 1.17. The maximum absolute atomic E-state index is 2.48. The molecule has 13 rings (SSSR count). The molecule has 13 aromatic rings. The van der Waals surface area contributed by atoms with Gasteiger partial charge in [0.1, 0.15) is 0 Å². The molecule has 0 N–H and O–H groups in total. The third-order valence-electron chi connectivity index (χ3n) is 14.6. The van der Waals surface area contributed by atoms with Gasteiger partial charge < -0.3 is 9.80 Å². The Morgan fingerprint density at radius 2 is 0.485 bits per heavy atom. The van der Waals surface area contributed by atoms with Crippen LogP contribution in [0.15, 0.2) is 218 Å². The van der Waals surface area contributed by atoms with Gasteiger partial charge in [-0.25, -0.2) is 0 Å². The van der Waals surface area contributed by atoms with Crippen molar-refractivity contribution < 1.29 is 0 Å². The average Bonchev–Trinajstić information content (AvgIpc) is 3.89. The van der Waals surface area contributed by atoms with E-state index in [1.165, 1.54) is 143 Å². The van der Waals surface area contributed by atoms with Gasteiger partial charge in [-0.1, -0.05) is 182 Å². The molecule has 2 nitrogen and oxygen atoms in total. The van der Waals surface area contributed by atoms with Crippen molar-refractivity contribution in [1.29, 1.82) is 0 Å². The van der Waals surface area contributed by atoms with Crippen LogP contribution in [0.4, 0.5) is 34.1 Å².